The number of nitrogens with one attached hydrogen (secondary N) is 2. The maximum absolute atomic E-state index is 14.0. The van der Waals surface area contributed by atoms with E-state index in [9.17, 15) is 19.6 Å². The fraction of sp³-hybridized carbons (Fsp3) is 0.371. The van der Waals surface area contributed by atoms with Crippen LogP contribution >= 0.6 is 0 Å². The molecule has 0 spiro atoms. The molecule has 226 valence electrons. The average molecular weight is 591 g/mol. The van der Waals surface area contributed by atoms with Crippen molar-refractivity contribution < 1.29 is 14.4 Å². The van der Waals surface area contributed by atoms with Crippen LogP contribution in [0.15, 0.2) is 54.6 Å². The van der Waals surface area contributed by atoms with Gasteiger partial charge in [-0.1, -0.05) is 30.3 Å². The van der Waals surface area contributed by atoms with Crippen LogP contribution in [-0.2, 0) is 0 Å². The number of piperazine rings is 1. The van der Waals surface area contributed by atoms with Crippen LogP contribution < -0.4 is 15.5 Å². The number of fused-ring (bicyclic) bond motifs is 1. The number of aryl methyl sites for hydroxylation is 2. The molecule has 2 fully saturated rings. The van der Waals surface area contributed by atoms with Gasteiger partial charge in [0, 0.05) is 62.6 Å². The number of carbonyl (C=O) groups excluding carboxylic acids is 3. The van der Waals surface area contributed by atoms with E-state index in [1.165, 1.54) is 4.90 Å². The Labute approximate surface area is 258 Å². The largest absolute Gasteiger partial charge is 0.382 e. The molecule has 3 amide bonds. The minimum atomic E-state index is -0.281. The highest BCUT2D eigenvalue weighted by Gasteiger charge is 2.38. The van der Waals surface area contributed by atoms with Crippen LogP contribution in [0.25, 0.3) is 0 Å². The van der Waals surface area contributed by atoms with Crippen molar-refractivity contribution in [2.75, 3.05) is 49.5 Å². The molecule has 3 aromatic rings. The molecular formula is C35H38N6O3. The lowest BCUT2D eigenvalue weighted by Crippen LogP contribution is -2.57. The number of amides is 3. The number of piperidine rings is 1. The predicted molar refractivity (Wildman–Crippen MR) is 170 cm³/mol. The zero-order valence-corrected chi connectivity index (χ0v) is 25.5. The monoisotopic (exact) mass is 590 g/mol. The Bertz CT molecular complexity index is 1630. The summed E-state index contributed by atoms with van der Waals surface area (Å²) in [6.45, 7) is 9.54. The summed E-state index contributed by atoms with van der Waals surface area (Å²) in [5, 5.41) is 16.7. The van der Waals surface area contributed by atoms with Crippen LogP contribution in [0.1, 0.15) is 66.2 Å². The smallest absolute Gasteiger partial charge is 0.261 e. The van der Waals surface area contributed by atoms with Crippen molar-refractivity contribution in [1.29, 1.82) is 5.26 Å². The van der Waals surface area contributed by atoms with Gasteiger partial charge in [-0.2, -0.15) is 5.26 Å². The Morgan fingerprint density at radius 2 is 1.61 bits per heavy atom. The molecule has 0 aromatic heterocycles. The topological polar surface area (TPSA) is 109 Å². The van der Waals surface area contributed by atoms with Crippen LogP contribution in [-0.4, -0.2) is 78.9 Å². The van der Waals surface area contributed by atoms with E-state index < -0.39 is 0 Å². The van der Waals surface area contributed by atoms with E-state index in [0.717, 1.165) is 54.0 Å². The number of para-hydroxylation sites is 1. The van der Waals surface area contributed by atoms with Gasteiger partial charge < -0.3 is 20.4 Å². The zero-order chi connectivity index (χ0) is 31.0. The second-order valence-electron chi connectivity index (χ2n) is 12.1. The Balaban J connectivity index is 1.13. The number of nitriles is 1. The molecule has 2 N–H and O–H groups in total. The molecule has 0 bridgehead atoms. The molecule has 44 heavy (non-hydrogen) atoms. The number of anilines is 2. The first-order chi connectivity index (χ1) is 21.3. The molecule has 0 aliphatic carbocycles. The summed E-state index contributed by atoms with van der Waals surface area (Å²) in [6, 6.07) is 19.1. The second-order valence-corrected chi connectivity index (χ2v) is 12.1. The highest BCUT2D eigenvalue weighted by atomic mass is 16.2. The Kier molecular flexibility index (Phi) is 8.11. The molecule has 1 atom stereocenters. The Morgan fingerprint density at radius 3 is 2.30 bits per heavy atom. The van der Waals surface area contributed by atoms with E-state index in [4.69, 9.17) is 0 Å². The van der Waals surface area contributed by atoms with Gasteiger partial charge in [-0.15, -0.1) is 0 Å². The third kappa shape index (κ3) is 5.42. The lowest BCUT2D eigenvalue weighted by Gasteiger charge is -2.37. The first-order valence-electron chi connectivity index (χ1n) is 15.4. The first kappa shape index (κ1) is 29.4. The average Bonchev–Trinajstić information content (AvgIpc) is 3.28. The van der Waals surface area contributed by atoms with Crippen LogP contribution in [0.4, 0.5) is 11.4 Å². The number of nitrogens with zero attached hydrogens (tertiary/aromatic N) is 4. The minimum Gasteiger partial charge on any atom is -0.382 e. The third-order valence-corrected chi connectivity index (χ3v) is 9.22. The zero-order valence-electron chi connectivity index (χ0n) is 25.5. The maximum Gasteiger partial charge on any atom is 0.261 e. The van der Waals surface area contributed by atoms with E-state index in [1.54, 1.807) is 24.3 Å². The van der Waals surface area contributed by atoms with Crippen molar-refractivity contribution in [2.24, 2.45) is 0 Å². The number of hydrogen-bond acceptors (Lipinski definition) is 7. The van der Waals surface area contributed by atoms with Crippen molar-refractivity contribution in [3.05, 3.63) is 93.5 Å². The Hall–Kier alpha value is -4.68. The molecule has 0 saturated carbocycles. The van der Waals surface area contributed by atoms with E-state index in [2.05, 4.69) is 34.6 Å². The third-order valence-electron chi connectivity index (χ3n) is 9.22. The molecule has 9 heteroatoms. The first-order valence-corrected chi connectivity index (χ1v) is 15.4. The second kappa shape index (κ2) is 12.1. The highest BCUT2D eigenvalue weighted by molar-refractivity contribution is 6.21. The number of carbonyl (C=O) groups is 3. The quantitative estimate of drug-likeness (QED) is 0.413. The van der Waals surface area contributed by atoms with Crippen LogP contribution in [0.5, 0.6) is 0 Å². The number of benzene rings is 3. The van der Waals surface area contributed by atoms with Gasteiger partial charge in [0.25, 0.3) is 17.7 Å². The van der Waals surface area contributed by atoms with Crippen molar-refractivity contribution in [3.8, 4) is 6.07 Å². The van der Waals surface area contributed by atoms with Crippen molar-refractivity contribution in [1.82, 2.24) is 15.1 Å². The fourth-order valence-electron chi connectivity index (χ4n) is 6.97. The maximum atomic E-state index is 14.0. The molecule has 9 nitrogen and oxygen atoms in total. The normalized spacial score (nSPS) is 18.8. The fourth-order valence-corrected chi connectivity index (χ4v) is 6.97. The SMILES string of the molecule is Cc1cc(C)c(C(=O)N2CCNC(CN3C(=O)c4ccccc4C3=O)C2)c(C)c1NC1CCN(c2ccccc2C#N)CC1. The molecule has 6 rings (SSSR count). The Morgan fingerprint density at radius 1 is 0.955 bits per heavy atom. The molecule has 1 unspecified atom stereocenters. The molecule has 3 heterocycles. The van der Waals surface area contributed by atoms with Crippen molar-refractivity contribution in [2.45, 2.75) is 45.7 Å². The summed E-state index contributed by atoms with van der Waals surface area (Å²) in [4.78, 5) is 45.3. The van der Waals surface area contributed by atoms with Gasteiger partial charge in [0.05, 0.1) is 22.4 Å². The summed E-state index contributed by atoms with van der Waals surface area (Å²) in [5.74, 6) is -0.589. The lowest BCUT2D eigenvalue weighted by molar-refractivity contribution is 0.0592. The summed E-state index contributed by atoms with van der Waals surface area (Å²) >= 11 is 0. The molecule has 3 aliphatic heterocycles. The summed E-state index contributed by atoms with van der Waals surface area (Å²) < 4.78 is 0. The van der Waals surface area contributed by atoms with E-state index >= 15 is 0 Å². The highest BCUT2D eigenvalue weighted by Crippen LogP contribution is 2.32. The van der Waals surface area contributed by atoms with E-state index in [0.29, 0.717) is 41.9 Å². The summed E-state index contributed by atoms with van der Waals surface area (Å²) in [6.07, 6.45) is 1.85. The summed E-state index contributed by atoms with van der Waals surface area (Å²) in [7, 11) is 0. The number of imide groups is 1. The van der Waals surface area contributed by atoms with E-state index in [-0.39, 0.29) is 36.3 Å². The number of rotatable bonds is 6. The number of hydrogen-bond donors (Lipinski definition) is 2. The van der Waals surface area contributed by atoms with Gasteiger partial charge in [0.15, 0.2) is 0 Å². The van der Waals surface area contributed by atoms with Gasteiger partial charge in [0.1, 0.15) is 6.07 Å². The van der Waals surface area contributed by atoms with Gasteiger partial charge in [0.2, 0.25) is 0 Å². The lowest BCUT2D eigenvalue weighted by atomic mass is 9.94. The molecule has 3 aliphatic rings. The molecule has 3 aromatic carbocycles. The minimum absolute atomic E-state index is 0.0279. The predicted octanol–water partition coefficient (Wildman–Crippen LogP) is 4.27. The van der Waals surface area contributed by atoms with Crippen LogP contribution in [0.2, 0.25) is 0 Å². The van der Waals surface area contributed by atoms with E-state index in [1.807, 2.05) is 43.0 Å². The van der Waals surface area contributed by atoms with Crippen molar-refractivity contribution in [3.63, 3.8) is 0 Å². The van der Waals surface area contributed by atoms with Gasteiger partial charge in [-0.3, -0.25) is 19.3 Å². The van der Waals surface area contributed by atoms with Crippen LogP contribution in [0.3, 0.4) is 0 Å². The molecule has 0 radical (unpaired) electrons. The van der Waals surface area contributed by atoms with Gasteiger partial charge in [-0.25, -0.2) is 0 Å². The molecule has 2 saturated heterocycles. The van der Waals surface area contributed by atoms with Crippen molar-refractivity contribution >= 4 is 29.1 Å². The summed E-state index contributed by atoms with van der Waals surface area (Å²) in [5.41, 5.74) is 7.27. The molecular weight excluding hydrogens is 552 g/mol. The van der Waals surface area contributed by atoms with Gasteiger partial charge in [-0.05, 0) is 74.6 Å². The standard InChI is InChI=1S/C35H38N6O3/c1-22-18-23(2)32(38-26-12-15-39(16-13-26)30-11-7-4-8-25(30)19-36)24(3)31(22)35(44)40-17-14-37-27(20-40)21-41-33(42)28-9-5-6-10-29(28)34(41)43/h4-11,18,26-27,37-38H,12-17,20-21H2,1-3H3. The van der Waals surface area contributed by atoms with Gasteiger partial charge >= 0.3 is 0 Å². The van der Waals surface area contributed by atoms with Crippen LogP contribution in [0, 0.1) is 32.1 Å².